The number of likely N-dealkylation sites (tertiary alicyclic amines) is 1. The quantitative estimate of drug-likeness (QED) is 0.371. The molecule has 142 valence electrons. The summed E-state index contributed by atoms with van der Waals surface area (Å²) in [6.07, 6.45) is 1.22. The Bertz CT molecular complexity index is 554. The van der Waals surface area contributed by atoms with E-state index in [4.69, 9.17) is 14.5 Å². The lowest BCUT2D eigenvalue weighted by Gasteiger charge is -2.15. The number of guanidine groups is 1. The van der Waals surface area contributed by atoms with Crippen molar-refractivity contribution >= 4 is 35.6 Å². The number of rotatable bonds is 7. The van der Waals surface area contributed by atoms with Gasteiger partial charge in [-0.2, -0.15) is 0 Å². The Morgan fingerprint density at radius 2 is 2.12 bits per heavy atom. The van der Waals surface area contributed by atoms with Crippen LogP contribution in [0.5, 0.6) is 11.5 Å². The first kappa shape index (κ1) is 21.8. The van der Waals surface area contributed by atoms with E-state index in [1.807, 2.05) is 25.1 Å². The molecule has 0 spiro atoms. The van der Waals surface area contributed by atoms with Crippen LogP contribution in [0.2, 0.25) is 0 Å². The van der Waals surface area contributed by atoms with E-state index in [1.165, 1.54) is 13.0 Å². The van der Waals surface area contributed by atoms with Crippen LogP contribution in [0.15, 0.2) is 23.2 Å². The molecule has 2 rings (SSSR count). The van der Waals surface area contributed by atoms with Gasteiger partial charge in [-0.3, -0.25) is 4.99 Å². The number of hydrogen-bond donors (Lipinski definition) is 2. The van der Waals surface area contributed by atoms with Crippen LogP contribution < -0.4 is 20.1 Å². The molecule has 0 saturated carbocycles. The molecule has 1 saturated heterocycles. The minimum atomic E-state index is 0. The van der Waals surface area contributed by atoms with Gasteiger partial charge in [0.05, 0.1) is 13.7 Å². The molecule has 1 atom stereocenters. The lowest BCUT2D eigenvalue weighted by Crippen LogP contribution is -2.31. The fourth-order valence-electron chi connectivity index (χ4n) is 2.86. The Labute approximate surface area is 168 Å². The van der Waals surface area contributed by atoms with Crippen LogP contribution >= 0.6 is 24.0 Å². The fourth-order valence-corrected chi connectivity index (χ4v) is 2.86. The highest BCUT2D eigenvalue weighted by Crippen LogP contribution is 2.30. The van der Waals surface area contributed by atoms with Crippen molar-refractivity contribution in [3.8, 4) is 11.5 Å². The number of nitrogens with one attached hydrogen (secondary N) is 2. The maximum atomic E-state index is 5.56. The van der Waals surface area contributed by atoms with Gasteiger partial charge in [0.15, 0.2) is 17.5 Å². The molecule has 1 fully saturated rings. The Morgan fingerprint density at radius 1 is 1.32 bits per heavy atom. The first-order valence-electron chi connectivity index (χ1n) is 8.71. The summed E-state index contributed by atoms with van der Waals surface area (Å²) in [5.74, 6) is 2.91. The average molecular weight is 462 g/mol. The second-order valence-corrected chi connectivity index (χ2v) is 6.06. The van der Waals surface area contributed by atoms with Crippen LogP contribution in [0, 0.1) is 5.92 Å². The van der Waals surface area contributed by atoms with Gasteiger partial charge < -0.3 is 25.0 Å². The van der Waals surface area contributed by atoms with Crippen LogP contribution in [0.3, 0.4) is 0 Å². The summed E-state index contributed by atoms with van der Waals surface area (Å²) in [5.41, 5.74) is 0.929. The zero-order chi connectivity index (χ0) is 17.4. The van der Waals surface area contributed by atoms with Crippen molar-refractivity contribution in [2.24, 2.45) is 10.9 Å². The van der Waals surface area contributed by atoms with Crippen LogP contribution in [-0.2, 0) is 0 Å². The summed E-state index contributed by atoms with van der Waals surface area (Å²) >= 11 is 0. The molecule has 0 aromatic heterocycles. The number of nitrogens with zero attached hydrogens (tertiary/aromatic N) is 2. The molecule has 1 aromatic rings. The van der Waals surface area contributed by atoms with E-state index < -0.39 is 0 Å². The van der Waals surface area contributed by atoms with Crippen molar-refractivity contribution in [2.45, 2.75) is 20.3 Å². The van der Waals surface area contributed by atoms with Crippen molar-refractivity contribution in [3.63, 3.8) is 0 Å². The first-order valence-corrected chi connectivity index (χ1v) is 8.71. The van der Waals surface area contributed by atoms with Gasteiger partial charge in [0, 0.05) is 31.4 Å². The average Bonchev–Trinajstić information content (AvgIpc) is 3.00. The highest BCUT2D eigenvalue weighted by atomic mass is 127. The number of hydrogen-bond acceptors (Lipinski definition) is 4. The second kappa shape index (κ2) is 11.4. The highest BCUT2D eigenvalue weighted by molar-refractivity contribution is 14.0. The Hall–Kier alpha value is -1.22. The molecule has 0 amide bonds. The third kappa shape index (κ3) is 6.89. The number of anilines is 1. The van der Waals surface area contributed by atoms with Crippen LogP contribution in [0.25, 0.3) is 0 Å². The monoisotopic (exact) mass is 462 g/mol. The smallest absolute Gasteiger partial charge is 0.195 e. The number of methoxy groups -OCH3 is 1. The minimum Gasteiger partial charge on any atom is -0.493 e. The van der Waals surface area contributed by atoms with E-state index in [1.54, 1.807) is 7.11 Å². The molecule has 7 heteroatoms. The Kier molecular flexibility index (Phi) is 9.96. The third-order valence-electron chi connectivity index (χ3n) is 4.07. The number of halogens is 1. The summed E-state index contributed by atoms with van der Waals surface area (Å²) in [6.45, 7) is 8.60. The number of benzene rings is 1. The topological polar surface area (TPSA) is 58.1 Å². The molecular weight excluding hydrogens is 431 g/mol. The lowest BCUT2D eigenvalue weighted by atomic mass is 10.1. The molecule has 1 aromatic carbocycles. The van der Waals surface area contributed by atoms with E-state index in [2.05, 4.69) is 29.5 Å². The first-order chi connectivity index (χ1) is 11.7. The molecule has 1 aliphatic rings. The summed E-state index contributed by atoms with van der Waals surface area (Å²) in [4.78, 5) is 7.09. The van der Waals surface area contributed by atoms with Gasteiger partial charge >= 0.3 is 0 Å². The fraction of sp³-hybridized carbons (Fsp3) is 0.611. The normalized spacial score (nSPS) is 17.8. The second-order valence-electron chi connectivity index (χ2n) is 6.06. The van der Waals surface area contributed by atoms with Crippen molar-refractivity contribution in [1.82, 2.24) is 10.2 Å². The van der Waals surface area contributed by atoms with Crippen molar-refractivity contribution in [3.05, 3.63) is 18.2 Å². The van der Waals surface area contributed by atoms with Crippen molar-refractivity contribution in [2.75, 3.05) is 52.3 Å². The van der Waals surface area contributed by atoms with Crippen molar-refractivity contribution in [1.29, 1.82) is 0 Å². The summed E-state index contributed by atoms with van der Waals surface area (Å²) in [7, 11) is 3.82. The summed E-state index contributed by atoms with van der Waals surface area (Å²) in [5, 5.41) is 6.65. The minimum absolute atomic E-state index is 0. The SMILES string of the molecule is CCNC(=NCC1CCN(C)C1)Nc1ccc(OCC)c(OC)c1.I. The van der Waals surface area contributed by atoms with Crippen molar-refractivity contribution < 1.29 is 9.47 Å². The number of aliphatic imine (C=N–C) groups is 1. The molecule has 1 unspecified atom stereocenters. The van der Waals surface area contributed by atoms with E-state index in [-0.39, 0.29) is 24.0 Å². The molecule has 0 aliphatic carbocycles. The highest BCUT2D eigenvalue weighted by Gasteiger charge is 2.19. The maximum Gasteiger partial charge on any atom is 0.195 e. The Morgan fingerprint density at radius 3 is 2.72 bits per heavy atom. The number of ether oxygens (including phenoxy) is 2. The Balaban J connectivity index is 0.00000312. The summed E-state index contributed by atoms with van der Waals surface area (Å²) < 4.78 is 11.0. The van der Waals surface area contributed by atoms with E-state index >= 15 is 0 Å². The van der Waals surface area contributed by atoms with E-state index in [9.17, 15) is 0 Å². The predicted molar refractivity (Wildman–Crippen MR) is 115 cm³/mol. The van der Waals surface area contributed by atoms with Gasteiger partial charge in [-0.1, -0.05) is 0 Å². The van der Waals surface area contributed by atoms with E-state index in [0.717, 1.165) is 42.8 Å². The van der Waals surface area contributed by atoms with Gasteiger partial charge in [-0.25, -0.2) is 0 Å². The summed E-state index contributed by atoms with van der Waals surface area (Å²) in [6, 6.07) is 5.82. The van der Waals surface area contributed by atoms with Gasteiger partial charge in [0.25, 0.3) is 0 Å². The van der Waals surface area contributed by atoms with Gasteiger partial charge in [-0.05, 0) is 51.9 Å². The molecule has 25 heavy (non-hydrogen) atoms. The standard InChI is InChI=1S/C18H30N4O2.HI/c1-5-19-18(20-12-14-9-10-22(3)13-14)21-15-7-8-16(24-6-2)17(11-15)23-4;/h7-8,11,14H,5-6,9-10,12-13H2,1-4H3,(H2,19,20,21);1H. The van der Waals surface area contributed by atoms with Gasteiger partial charge in [0.1, 0.15) is 0 Å². The molecular formula is C18H31IN4O2. The van der Waals surface area contributed by atoms with Gasteiger partial charge in [0.2, 0.25) is 0 Å². The molecule has 0 radical (unpaired) electrons. The predicted octanol–water partition coefficient (Wildman–Crippen LogP) is 3.04. The molecule has 0 bridgehead atoms. The molecule has 6 nitrogen and oxygen atoms in total. The molecule has 1 heterocycles. The largest absolute Gasteiger partial charge is 0.493 e. The molecule has 1 aliphatic heterocycles. The molecule has 2 N–H and O–H groups in total. The van der Waals surface area contributed by atoms with Crippen LogP contribution in [-0.4, -0.2) is 57.8 Å². The van der Waals surface area contributed by atoms with E-state index in [0.29, 0.717) is 12.5 Å². The maximum absolute atomic E-state index is 5.56. The van der Waals surface area contributed by atoms with Crippen LogP contribution in [0.1, 0.15) is 20.3 Å². The lowest BCUT2D eigenvalue weighted by molar-refractivity contribution is 0.311. The zero-order valence-corrected chi connectivity index (χ0v) is 18.0. The zero-order valence-electron chi connectivity index (χ0n) is 15.7. The van der Waals surface area contributed by atoms with Crippen LogP contribution in [0.4, 0.5) is 5.69 Å². The third-order valence-corrected chi connectivity index (χ3v) is 4.07. The van der Waals surface area contributed by atoms with Gasteiger partial charge in [-0.15, -0.1) is 24.0 Å².